The van der Waals surface area contributed by atoms with Crippen LogP contribution in [0.3, 0.4) is 0 Å². The van der Waals surface area contributed by atoms with Crippen molar-refractivity contribution >= 4 is 5.91 Å². The lowest BCUT2D eigenvalue weighted by atomic mass is 9.96. The molecule has 3 nitrogen and oxygen atoms in total. The van der Waals surface area contributed by atoms with Crippen molar-refractivity contribution in [2.24, 2.45) is 5.41 Å². The van der Waals surface area contributed by atoms with Crippen molar-refractivity contribution in [2.75, 3.05) is 26.2 Å². The van der Waals surface area contributed by atoms with Crippen molar-refractivity contribution in [1.29, 1.82) is 0 Å². The molecule has 1 aliphatic rings. The summed E-state index contributed by atoms with van der Waals surface area (Å²) in [6, 6.07) is 0. The van der Waals surface area contributed by atoms with Gasteiger partial charge in [-0.05, 0) is 25.9 Å². The zero-order valence-electron chi connectivity index (χ0n) is 10.3. The van der Waals surface area contributed by atoms with E-state index in [1.165, 1.54) is 32.4 Å². The Hall–Kier alpha value is -0.570. The Morgan fingerprint density at radius 2 is 1.80 bits per heavy atom. The molecule has 0 unspecified atom stereocenters. The summed E-state index contributed by atoms with van der Waals surface area (Å²) in [7, 11) is 0. The molecule has 1 heterocycles. The Bertz CT molecular complexity index is 202. The Morgan fingerprint density at radius 1 is 1.20 bits per heavy atom. The van der Waals surface area contributed by atoms with E-state index in [2.05, 4.69) is 10.2 Å². The number of carbonyl (C=O) groups excluding carboxylic acids is 1. The van der Waals surface area contributed by atoms with Gasteiger partial charge in [-0.1, -0.05) is 27.2 Å². The highest BCUT2D eigenvalue weighted by Gasteiger charge is 2.20. The zero-order chi connectivity index (χ0) is 11.3. The van der Waals surface area contributed by atoms with Crippen molar-refractivity contribution in [3.05, 3.63) is 0 Å². The molecule has 0 aliphatic carbocycles. The predicted octanol–water partition coefficient (Wildman–Crippen LogP) is 1.63. The fourth-order valence-corrected chi connectivity index (χ4v) is 1.78. The van der Waals surface area contributed by atoms with E-state index < -0.39 is 0 Å². The summed E-state index contributed by atoms with van der Waals surface area (Å²) < 4.78 is 0. The van der Waals surface area contributed by atoms with Gasteiger partial charge >= 0.3 is 0 Å². The summed E-state index contributed by atoms with van der Waals surface area (Å²) in [5.41, 5.74) is -0.262. The van der Waals surface area contributed by atoms with Gasteiger partial charge in [-0.25, -0.2) is 0 Å². The van der Waals surface area contributed by atoms with Crippen LogP contribution in [-0.2, 0) is 4.79 Å². The SMILES string of the molecule is CC(C)(C)C(=O)NCCN1CCCCC1. The highest BCUT2D eigenvalue weighted by molar-refractivity contribution is 5.81. The minimum Gasteiger partial charge on any atom is -0.354 e. The number of hydrogen-bond donors (Lipinski definition) is 1. The number of piperidine rings is 1. The summed E-state index contributed by atoms with van der Waals surface area (Å²) in [4.78, 5) is 14.0. The third-order valence-corrected chi connectivity index (χ3v) is 2.84. The normalized spacial score (nSPS) is 18.9. The molecule has 0 atom stereocenters. The smallest absolute Gasteiger partial charge is 0.225 e. The zero-order valence-corrected chi connectivity index (χ0v) is 10.3. The number of rotatable bonds is 3. The number of carbonyl (C=O) groups is 1. The topological polar surface area (TPSA) is 32.3 Å². The number of nitrogens with one attached hydrogen (secondary N) is 1. The minimum absolute atomic E-state index is 0.152. The largest absolute Gasteiger partial charge is 0.354 e. The van der Waals surface area contributed by atoms with Crippen LogP contribution in [0.1, 0.15) is 40.0 Å². The van der Waals surface area contributed by atoms with E-state index in [-0.39, 0.29) is 11.3 Å². The van der Waals surface area contributed by atoms with Gasteiger partial charge in [-0.3, -0.25) is 4.79 Å². The van der Waals surface area contributed by atoms with Gasteiger partial charge in [0.2, 0.25) is 5.91 Å². The summed E-state index contributed by atoms with van der Waals surface area (Å²) in [5.74, 6) is 0.152. The Balaban J connectivity index is 2.12. The second-order valence-corrected chi connectivity index (χ2v) is 5.41. The van der Waals surface area contributed by atoms with E-state index in [1.54, 1.807) is 0 Å². The van der Waals surface area contributed by atoms with Crippen LogP contribution in [0.5, 0.6) is 0 Å². The molecule has 1 fully saturated rings. The second-order valence-electron chi connectivity index (χ2n) is 5.41. The Morgan fingerprint density at radius 3 is 2.33 bits per heavy atom. The van der Waals surface area contributed by atoms with Crippen LogP contribution in [0.25, 0.3) is 0 Å². The number of hydrogen-bond acceptors (Lipinski definition) is 2. The van der Waals surface area contributed by atoms with E-state index >= 15 is 0 Å². The highest BCUT2D eigenvalue weighted by Crippen LogP contribution is 2.12. The van der Waals surface area contributed by atoms with Gasteiger partial charge in [0.1, 0.15) is 0 Å². The molecule has 1 saturated heterocycles. The first-order valence-electron chi connectivity index (χ1n) is 6.01. The average molecular weight is 212 g/mol. The fourth-order valence-electron chi connectivity index (χ4n) is 1.78. The van der Waals surface area contributed by atoms with Crippen LogP contribution in [0.4, 0.5) is 0 Å². The molecule has 1 amide bonds. The first-order valence-corrected chi connectivity index (χ1v) is 6.01. The number of likely N-dealkylation sites (tertiary alicyclic amines) is 1. The van der Waals surface area contributed by atoms with Crippen LogP contribution in [0, 0.1) is 5.41 Å². The van der Waals surface area contributed by atoms with Gasteiger partial charge in [-0.15, -0.1) is 0 Å². The third kappa shape index (κ3) is 4.65. The maximum Gasteiger partial charge on any atom is 0.225 e. The van der Waals surface area contributed by atoms with Crippen LogP contribution >= 0.6 is 0 Å². The standard InChI is InChI=1S/C12H24N2O/c1-12(2,3)11(15)13-7-10-14-8-5-4-6-9-14/h4-10H2,1-3H3,(H,13,15). The lowest BCUT2D eigenvalue weighted by Crippen LogP contribution is -2.41. The van der Waals surface area contributed by atoms with Crippen molar-refractivity contribution in [2.45, 2.75) is 40.0 Å². The maximum absolute atomic E-state index is 11.6. The van der Waals surface area contributed by atoms with Gasteiger partial charge < -0.3 is 10.2 Å². The molecular formula is C12H24N2O. The fraction of sp³-hybridized carbons (Fsp3) is 0.917. The van der Waals surface area contributed by atoms with Gasteiger partial charge in [0.25, 0.3) is 0 Å². The molecule has 15 heavy (non-hydrogen) atoms. The number of amides is 1. The Kier molecular flexibility index (Phi) is 4.58. The molecule has 0 aromatic rings. The van der Waals surface area contributed by atoms with E-state index in [9.17, 15) is 4.79 Å². The molecule has 1 N–H and O–H groups in total. The lowest BCUT2D eigenvalue weighted by Gasteiger charge is -2.27. The van der Waals surface area contributed by atoms with Crippen LogP contribution in [0.15, 0.2) is 0 Å². The van der Waals surface area contributed by atoms with Crippen molar-refractivity contribution in [3.8, 4) is 0 Å². The molecule has 3 heteroatoms. The van der Waals surface area contributed by atoms with Crippen LogP contribution in [-0.4, -0.2) is 37.0 Å². The molecule has 0 aromatic carbocycles. The highest BCUT2D eigenvalue weighted by atomic mass is 16.2. The van der Waals surface area contributed by atoms with Crippen molar-refractivity contribution < 1.29 is 4.79 Å². The maximum atomic E-state index is 11.6. The summed E-state index contributed by atoms with van der Waals surface area (Å²) >= 11 is 0. The van der Waals surface area contributed by atoms with Gasteiger partial charge in [0.05, 0.1) is 0 Å². The first kappa shape index (κ1) is 12.5. The van der Waals surface area contributed by atoms with E-state index in [0.29, 0.717) is 0 Å². The molecule has 0 radical (unpaired) electrons. The molecule has 0 saturated carbocycles. The minimum atomic E-state index is -0.262. The number of nitrogens with zero attached hydrogens (tertiary/aromatic N) is 1. The summed E-state index contributed by atoms with van der Waals surface area (Å²) in [5, 5.41) is 2.99. The summed E-state index contributed by atoms with van der Waals surface area (Å²) in [6.07, 6.45) is 3.99. The van der Waals surface area contributed by atoms with E-state index in [1.807, 2.05) is 20.8 Å². The lowest BCUT2D eigenvalue weighted by molar-refractivity contribution is -0.128. The molecule has 1 aliphatic heterocycles. The van der Waals surface area contributed by atoms with E-state index in [4.69, 9.17) is 0 Å². The van der Waals surface area contributed by atoms with Crippen LogP contribution in [0.2, 0.25) is 0 Å². The van der Waals surface area contributed by atoms with Crippen molar-refractivity contribution in [3.63, 3.8) is 0 Å². The van der Waals surface area contributed by atoms with Gasteiger partial charge in [0, 0.05) is 18.5 Å². The predicted molar refractivity (Wildman–Crippen MR) is 62.8 cm³/mol. The first-order chi connectivity index (χ1) is 7.00. The molecule has 0 bridgehead atoms. The average Bonchev–Trinajstić information content (AvgIpc) is 2.18. The van der Waals surface area contributed by atoms with Gasteiger partial charge in [0.15, 0.2) is 0 Å². The summed E-state index contributed by atoms with van der Waals surface area (Å²) in [6.45, 7) is 10.0. The Labute approximate surface area is 93.2 Å². The third-order valence-electron chi connectivity index (χ3n) is 2.84. The molecular weight excluding hydrogens is 188 g/mol. The van der Waals surface area contributed by atoms with E-state index in [0.717, 1.165) is 13.1 Å². The quantitative estimate of drug-likeness (QED) is 0.771. The van der Waals surface area contributed by atoms with Crippen LogP contribution < -0.4 is 5.32 Å². The van der Waals surface area contributed by atoms with Gasteiger partial charge in [-0.2, -0.15) is 0 Å². The molecule has 88 valence electrons. The molecule has 0 spiro atoms. The molecule has 1 rings (SSSR count). The van der Waals surface area contributed by atoms with Crippen molar-refractivity contribution in [1.82, 2.24) is 10.2 Å². The monoisotopic (exact) mass is 212 g/mol. The molecule has 0 aromatic heterocycles. The second kappa shape index (κ2) is 5.50.